The molecule has 0 aliphatic carbocycles. The van der Waals surface area contributed by atoms with Crippen LogP contribution in [0.3, 0.4) is 0 Å². The third-order valence-corrected chi connectivity index (χ3v) is 5.94. The summed E-state index contributed by atoms with van der Waals surface area (Å²) < 4.78 is 11.9. The van der Waals surface area contributed by atoms with Crippen molar-refractivity contribution in [2.45, 2.75) is 39.0 Å². The molecule has 1 aliphatic rings. The van der Waals surface area contributed by atoms with Crippen molar-refractivity contribution in [3.05, 3.63) is 0 Å². The van der Waals surface area contributed by atoms with Crippen LogP contribution in [-0.4, -0.2) is 18.5 Å². The Morgan fingerprint density at radius 1 is 1.18 bits per heavy atom. The van der Waals surface area contributed by atoms with Gasteiger partial charge in [-0.25, -0.2) is 0 Å². The predicted octanol–water partition coefficient (Wildman–Crippen LogP) is 3.33. The van der Waals surface area contributed by atoms with Crippen molar-refractivity contribution in [1.82, 2.24) is 0 Å². The van der Waals surface area contributed by atoms with E-state index in [2.05, 4.69) is 6.92 Å². The molecule has 0 radical (unpaired) electrons. The van der Waals surface area contributed by atoms with Gasteiger partial charge in [0, 0.05) is 18.5 Å². The van der Waals surface area contributed by atoms with E-state index in [0.29, 0.717) is 0 Å². The van der Waals surface area contributed by atoms with E-state index in [1.165, 1.54) is 32.1 Å². The minimum Gasteiger partial charge on any atom is -0.324 e. The molecular weight excluding hydrogens is 155 g/mol. The Balaban J connectivity index is 2.18. The van der Waals surface area contributed by atoms with Crippen molar-refractivity contribution in [1.29, 1.82) is 0 Å². The molecule has 1 aliphatic heterocycles. The SMILES string of the molecule is CCCCCP1(=O)CCCC1. The fourth-order valence-electron chi connectivity index (χ4n) is 1.79. The van der Waals surface area contributed by atoms with Gasteiger partial charge in [-0.05, 0) is 19.3 Å². The van der Waals surface area contributed by atoms with Gasteiger partial charge >= 0.3 is 0 Å². The van der Waals surface area contributed by atoms with Crippen LogP contribution in [0.15, 0.2) is 0 Å². The lowest BCUT2D eigenvalue weighted by atomic mass is 10.3. The Labute approximate surface area is 69.9 Å². The molecule has 0 N–H and O–H groups in total. The lowest BCUT2D eigenvalue weighted by Gasteiger charge is -2.09. The van der Waals surface area contributed by atoms with Crippen molar-refractivity contribution in [3.63, 3.8) is 0 Å². The molecule has 1 nitrogen and oxygen atoms in total. The summed E-state index contributed by atoms with van der Waals surface area (Å²) in [5, 5.41) is 0. The zero-order valence-corrected chi connectivity index (χ0v) is 8.41. The van der Waals surface area contributed by atoms with Gasteiger partial charge in [0.1, 0.15) is 0 Å². The Morgan fingerprint density at radius 3 is 2.36 bits per heavy atom. The smallest absolute Gasteiger partial charge is 0.0877 e. The van der Waals surface area contributed by atoms with Gasteiger partial charge in [0.25, 0.3) is 0 Å². The Morgan fingerprint density at radius 2 is 1.82 bits per heavy atom. The second-order valence-electron chi connectivity index (χ2n) is 3.64. The highest BCUT2D eigenvalue weighted by Crippen LogP contribution is 2.52. The van der Waals surface area contributed by atoms with Crippen molar-refractivity contribution in [2.24, 2.45) is 0 Å². The third-order valence-electron chi connectivity index (χ3n) is 2.55. The van der Waals surface area contributed by atoms with Crippen LogP contribution in [0.1, 0.15) is 39.0 Å². The molecule has 2 heteroatoms. The molecule has 11 heavy (non-hydrogen) atoms. The minimum atomic E-state index is -1.60. The van der Waals surface area contributed by atoms with Gasteiger partial charge in [-0.15, -0.1) is 0 Å². The normalized spacial score (nSPS) is 22.3. The Kier molecular flexibility index (Phi) is 3.65. The first-order valence-corrected chi connectivity index (χ1v) is 7.10. The summed E-state index contributed by atoms with van der Waals surface area (Å²) in [5.41, 5.74) is 0. The van der Waals surface area contributed by atoms with Crippen LogP contribution < -0.4 is 0 Å². The van der Waals surface area contributed by atoms with Crippen LogP contribution in [0.5, 0.6) is 0 Å². The highest BCUT2D eigenvalue weighted by atomic mass is 31.2. The van der Waals surface area contributed by atoms with Crippen molar-refractivity contribution in [2.75, 3.05) is 18.5 Å². The van der Waals surface area contributed by atoms with Gasteiger partial charge in [-0.3, -0.25) is 0 Å². The van der Waals surface area contributed by atoms with Crippen molar-refractivity contribution >= 4 is 7.14 Å². The fourth-order valence-corrected chi connectivity index (χ4v) is 4.86. The summed E-state index contributed by atoms with van der Waals surface area (Å²) in [6.45, 7) is 2.20. The molecule has 1 fully saturated rings. The first kappa shape index (κ1) is 9.32. The van der Waals surface area contributed by atoms with Crippen molar-refractivity contribution in [3.8, 4) is 0 Å². The molecule has 0 aromatic carbocycles. The molecule has 66 valence electrons. The average molecular weight is 174 g/mol. The second kappa shape index (κ2) is 4.30. The van der Waals surface area contributed by atoms with Crippen LogP contribution in [0.4, 0.5) is 0 Å². The number of hydrogen-bond acceptors (Lipinski definition) is 1. The molecule has 0 atom stereocenters. The predicted molar refractivity (Wildman–Crippen MR) is 51.0 cm³/mol. The molecule has 1 rings (SSSR count). The van der Waals surface area contributed by atoms with Crippen molar-refractivity contribution < 1.29 is 4.57 Å². The maximum atomic E-state index is 11.9. The maximum Gasteiger partial charge on any atom is 0.0877 e. The average Bonchev–Trinajstić information content (AvgIpc) is 2.38. The van der Waals surface area contributed by atoms with Gasteiger partial charge in [-0.2, -0.15) is 0 Å². The molecule has 0 bridgehead atoms. The third kappa shape index (κ3) is 2.99. The zero-order valence-electron chi connectivity index (χ0n) is 7.51. The molecule has 0 spiro atoms. The van der Waals surface area contributed by atoms with E-state index in [9.17, 15) is 4.57 Å². The molecule has 0 unspecified atom stereocenters. The second-order valence-corrected chi connectivity index (χ2v) is 7.10. The van der Waals surface area contributed by atoms with E-state index >= 15 is 0 Å². The van der Waals surface area contributed by atoms with Crippen LogP contribution in [0.25, 0.3) is 0 Å². The molecular formula is C9H19OP. The fraction of sp³-hybridized carbons (Fsp3) is 1.00. The molecule has 0 saturated carbocycles. The van der Waals surface area contributed by atoms with Gasteiger partial charge in [0.15, 0.2) is 0 Å². The molecule has 0 amide bonds. The molecule has 1 saturated heterocycles. The summed E-state index contributed by atoms with van der Waals surface area (Å²) in [4.78, 5) is 0. The summed E-state index contributed by atoms with van der Waals surface area (Å²) in [6.07, 6.45) is 9.32. The largest absolute Gasteiger partial charge is 0.324 e. The van der Waals surface area contributed by atoms with E-state index in [4.69, 9.17) is 0 Å². The van der Waals surface area contributed by atoms with Crippen LogP contribution >= 0.6 is 7.14 Å². The lowest BCUT2D eigenvalue weighted by Crippen LogP contribution is -1.91. The maximum absolute atomic E-state index is 11.9. The minimum absolute atomic E-state index is 1.04. The Bertz CT molecular complexity index is 144. The summed E-state index contributed by atoms with van der Waals surface area (Å²) in [5.74, 6) is 0. The molecule has 0 aromatic heterocycles. The number of unbranched alkanes of at least 4 members (excludes halogenated alkanes) is 2. The number of rotatable bonds is 4. The lowest BCUT2D eigenvalue weighted by molar-refractivity contribution is 0.575. The monoisotopic (exact) mass is 174 g/mol. The standard InChI is InChI=1S/C9H19OP/c1-2-3-4-7-11(10)8-5-6-9-11/h2-9H2,1H3. The molecule has 0 aromatic rings. The van der Waals surface area contributed by atoms with Gasteiger partial charge in [0.2, 0.25) is 0 Å². The first-order chi connectivity index (χ1) is 5.27. The van der Waals surface area contributed by atoms with Crippen LogP contribution in [0, 0.1) is 0 Å². The first-order valence-electron chi connectivity index (χ1n) is 4.84. The highest BCUT2D eigenvalue weighted by molar-refractivity contribution is 7.64. The Hall–Kier alpha value is 0.230. The van der Waals surface area contributed by atoms with Gasteiger partial charge in [0.05, 0.1) is 7.14 Å². The molecule has 1 heterocycles. The highest BCUT2D eigenvalue weighted by Gasteiger charge is 2.25. The van der Waals surface area contributed by atoms with E-state index in [-0.39, 0.29) is 0 Å². The van der Waals surface area contributed by atoms with E-state index in [0.717, 1.165) is 18.5 Å². The summed E-state index contributed by atoms with van der Waals surface area (Å²) in [7, 11) is -1.60. The quantitative estimate of drug-likeness (QED) is 0.472. The van der Waals surface area contributed by atoms with Gasteiger partial charge < -0.3 is 4.57 Å². The van der Waals surface area contributed by atoms with E-state index in [1.807, 2.05) is 0 Å². The van der Waals surface area contributed by atoms with Crippen LogP contribution in [-0.2, 0) is 4.57 Å². The van der Waals surface area contributed by atoms with E-state index < -0.39 is 7.14 Å². The van der Waals surface area contributed by atoms with Gasteiger partial charge in [-0.1, -0.05) is 19.8 Å². The number of hydrogen-bond donors (Lipinski definition) is 0. The van der Waals surface area contributed by atoms with Crippen LogP contribution in [0.2, 0.25) is 0 Å². The topological polar surface area (TPSA) is 17.1 Å². The zero-order chi connectivity index (χ0) is 8.16. The van der Waals surface area contributed by atoms with E-state index in [1.54, 1.807) is 0 Å². The summed E-state index contributed by atoms with van der Waals surface area (Å²) in [6, 6.07) is 0. The summed E-state index contributed by atoms with van der Waals surface area (Å²) >= 11 is 0.